The van der Waals surface area contributed by atoms with Crippen molar-refractivity contribution in [1.29, 1.82) is 0 Å². The van der Waals surface area contributed by atoms with Gasteiger partial charge in [-0.25, -0.2) is 12.8 Å². The van der Waals surface area contributed by atoms with Crippen LogP contribution in [0.25, 0.3) is 11.1 Å². The van der Waals surface area contributed by atoms with Crippen molar-refractivity contribution in [3.8, 4) is 5.75 Å². The van der Waals surface area contributed by atoms with Crippen LogP contribution in [0, 0.1) is 5.82 Å². The molecule has 0 saturated carbocycles. The molecule has 4 nitrogen and oxygen atoms in total. The van der Waals surface area contributed by atoms with E-state index in [0.29, 0.717) is 23.6 Å². The molecule has 0 unspecified atom stereocenters. The molecule has 0 radical (unpaired) electrons. The molecule has 1 aliphatic rings. The number of hydrogen-bond acceptors (Lipinski definition) is 3. The minimum Gasteiger partial charge on any atom is -0.488 e. The van der Waals surface area contributed by atoms with E-state index in [-0.39, 0.29) is 5.82 Å². The first-order chi connectivity index (χ1) is 13.8. The summed E-state index contributed by atoms with van der Waals surface area (Å²) < 4.78 is 45.8. The maximum Gasteiger partial charge on any atom is 0.229 e. The SMILES string of the molecule is C/C(=C1\c2ccccc2COc2ccc(F)cc21)c1cccc(NS(C)(=O)=O)c1. The van der Waals surface area contributed by atoms with E-state index in [1.54, 1.807) is 24.3 Å². The van der Waals surface area contributed by atoms with Crippen LogP contribution in [0.5, 0.6) is 5.75 Å². The van der Waals surface area contributed by atoms with Crippen LogP contribution in [0.4, 0.5) is 10.1 Å². The summed E-state index contributed by atoms with van der Waals surface area (Å²) in [6.45, 7) is 2.34. The van der Waals surface area contributed by atoms with Gasteiger partial charge in [-0.2, -0.15) is 0 Å². The molecule has 148 valence electrons. The minimum atomic E-state index is -3.39. The number of sulfonamides is 1. The Morgan fingerprint density at radius 3 is 2.59 bits per heavy atom. The summed E-state index contributed by atoms with van der Waals surface area (Å²) in [6.07, 6.45) is 1.11. The van der Waals surface area contributed by atoms with Crippen molar-refractivity contribution in [3.63, 3.8) is 0 Å². The van der Waals surface area contributed by atoms with E-state index < -0.39 is 10.0 Å². The van der Waals surface area contributed by atoms with Gasteiger partial charge in [-0.05, 0) is 65.1 Å². The summed E-state index contributed by atoms with van der Waals surface area (Å²) in [5.74, 6) is 0.270. The number of nitrogens with one attached hydrogen (secondary N) is 1. The number of benzene rings is 3. The fourth-order valence-corrected chi connectivity index (χ4v) is 4.15. The number of halogens is 1. The summed E-state index contributed by atoms with van der Waals surface area (Å²) in [5, 5.41) is 0. The molecule has 4 rings (SSSR count). The van der Waals surface area contributed by atoms with Crippen LogP contribution in [-0.4, -0.2) is 14.7 Å². The second-order valence-corrected chi connectivity index (χ2v) is 8.79. The summed E-state index contributed by atoms with van der Waals surface area (Å²) in [4.78, 5) is 0. The predicted octanol–water partition coefficient (Wildman–Crippen LogP) is 5.07. The Labute approximate surface area is 169 Å². The van der Waals surface area contributed by atoms with Gasteiger partial charge in [-0.3, -0.25) is 4.72 Å². The Kier molecular flexibility index (Phi) is 4.88. The predicted molar refractivity (Wildman–Crippen MR) is 114 cm³/mol. The van der Waals surface area contributed by atoms with Crippen LogP contribution in [0.15, 0.2) is 66.7 Å². The lowest BCUT2D eigenvalue weighted by Gasteiger charge is -2.16. The van der Waals surface area contributed by atoms with Gasteiger partial charge in [-0.15, -0.1) is 0 Å². The number of ether oxygens (including phenoxy) is 1. The molecule has 1 N–H and O–H groups in total. The van der Waals surface area contributed by atoms with Crippen molar-refractivity contribution in [3.05, 3.63) is 94.8 Å². The fourth-order valence-electron chi connectivity index (χ4n) is 3.59. The van der Waals surface area contributed by atoms with E-state index in [1.165, 1.54) is 12.1 Å². The van der Waals surface area contributed by atoms with Gasteiger partial charge in [0.25, 0.3) is 0 Å². The number of allylic oxidation sites excluding steroid dienone is 1. The largest absolute Gasteiger partial charge is 0.488 e. The van der Waals surface area contributed by atoms with Crippen molar-refractivity contribution in [2.75, 3.05) is 11.0 Å². The fraction of sp³-hybridized carbons (Fsp3) is 0.130. The van der Waals surface area contributed by atoms with E-state index in [2.05, 4.69) is 4.72 Å². The average molecular weight is 409 g/mol. The van der Waals surface area contributed by atoms with E-state index in [0.717, 1.165) is 34.1 Å². The number of rotatable bonds is 3. The molecule has 1 heterocycles. The molecule has 0 fully saturated rings. The topological polar surface area (TPSA) is 55.4 Å². The van der Waals surface area contributed by atoms with Gasteiger partial charge in [0.2, 0.25) is 10.0 Å². The number of anilines is 1. The second kappa shape index (κ2) is 7.37. The van der Waals surface area contributed by atoms with Gasteiger partial charge in [0.15, 0.2) is 0 Å². The molecule has 6 heteroatoms. The highest BCUT2D eigenvalue weighted by Gasteiger charge is 2.22. The molecule has 29 heavy (non-hydrogen) atoms. The van der Waals surface area contributed by atoms with Gasteiger partial charge in [0, 0.05) is 11.3 Å². The Morgan fingerprint density at radius 1 is 1.00 bits per heavy atom. The van der Waals surface area contributed by atoms with Gasteiger partial charge in [0.05, 0.1) is 6.26 Å². The van der Waals surface area contributed by atoms with Crippen LogP contribution in [0.3, 0.4) is 0 Å². The summed E-state index contributed by atoms with van der Waals surface area (Å²) in [7, 11) is -3.39. The van der Waals surface area contributed by atoms with E-state index in [9.17, 15) is 12.8 Å². The summed E-state index contributed by atoms with van der Waals surface area (Å²) >= 11 is 0. The zero-order valence-corrected chi connectivity index (χ0v) is 16.9. The highest BCUT2D eigenvalue weighted by atomic mass is 32.2. The molecule has 0 saturated heterocycles. The monoisotopic (exact) mass is 409 g/mol. The molecule has 3 aromatic rings. The smallest absolute Gasteiger partial charge is 0.229 e. The molecular formula is C23H20FNO3S. The molecule has 0 amide bonds. The normalized spacial score (nSPS) is 14.9. The van der Waals surface area contributed by atoms with Crippen LogP contribution in [0.2, 0.25) is 0 Å². The number of fused-ring (bicyclic) bond motifs is 2. The van der Waals surface area contributed by atoms with Gasteiger partial charge < -0.3 is 4.74 Å². The Morgan fingerprint density at radius 2 is 1.79 bits per heavy atom. The van der Waals surface area contributed by atoms with Crippen LogP contribution >= 0.6 is 0 Å². The maximum absolute atomic E-state index is 14.1. The Balaban J connectivity index is 1.96. The highest BCUT2D eigenvalue weighted by Crippen LogP contribution is 2.41. The summed E-state index contributed by atoms with van der Waals surface area (Å²) in [5.41, 5.74) is 5.72. The summed E-state index contributed by atoms with van der Waals surface area (Å²) in [6, 6.07) is 19.6. The van der Waals surface area contributed by atoms with Crippen LogP contribution in [-0.2, 0) is 16.6 Å². The van der Waals surface area contributed by atoms with Crippen molar-refractivity contribution in [1.82, 2.24) is 0 Å². The molecule has 0 spiro atoms. The standard InChI is InChI=1S/C23H20FNO3S/c1-15(16-7-5-8-19(12-16)25-29(2,26)27)23-20-9-4-3-6-17(20)14-28-22-11-10-18(24)13-21(22)23/h3-13,25H,14H2,1-2H3/b23-15-. The zero-order valence-electron chi connectivity index (χ0n) is 16.1. The van der Waals surface area contributed by atoms with Gasteiger partial charge in [-0.1, -0.05) is 36.4 Å². The van der Waals surface area contributed by atoms with E-state index in [4.69, 9.17) is 4.74 Å². The van der Waals surface area contributed by atoms with Gasteiger partial charge in [0.1, 0.15) is 18.2 Å². The third kappa shape index (κ3) is 4.03. The van der Waals surface area contributed by atoms with Crippen molar-refractivity contribution < 1.29 is 17.5 Å². The molecule has 1 aliphatic heterocycles. The molecule has 0 aliphatic carbocycles. The van der Waals surface area contributed by atoms with Gasteiger partial charge >= 0.3 is 0 Å². The third-order valence-electron chi connectivity index (χ3n) is 4.85. The number of hydrogen-bond donors (Lipinski definition) is 1. The maximum atomic E-state index is 14.1. The Bertz CT molecular complexity index is 1230. The van der Waals surface area contributed by atoms with Crippen molar-refractivity contribution in [2.24, 2.45) is 0 Å². The first-order valence-electron chi connectivity index (χ1n) is 9.12. The molecular weight excluding hydrogens is 389 g/mol. The van der Waals surface area contributed by atoms with Crippen molar-refractivity contribution >= 4 is 26.9 Å². The first kappa shape index (κ1) is 19.2. The zero-order chi connectivity index (χ0) is 20.6. The average Bonchev–Trinajstić information content (AvgIpc) is 2.83. The second-order valence-electron chi connectivity index (χ2n) is 7.04. The quantitative estimate of drug-likeness (QED) is 0.657. The first-order valence-corrected chi connectivity index (χ1v) is 11.0. The van der Waals surface area contributed by atoms with Crippen LogP contribution < -0.4 is 9.46 Å². The highest BCUT2D eigenvalue weighted by molar-refractivity contribution is 7.92. The molecule has 0 aromatic heterocycles. The lowest BCUT2D eigenvalue weighted by molar-refractivity contribution is 0.307. The van der Waals surface area contributed by atoms with E-state index >= 15 is 0 Å². The minimum absolute atomic E-state index is 0.343. The molecule has 0 bridgehead atoms. The lowest BCUT2D eigenvalue weighted by atomic mass is 9.88. The van der Waals surface area contributed by atoms with E-state index in [1.807, 2.05) is 37.3 Å². The molecule has 0 atom stereocenters. The third-order valence-corrected chi connectivity index (χ3v) is 5.46. The molecule has 3 aromatic carbocycles. The van der Waals surface area contributed by atoms with Crippen LogP contribution in [0.1, 0.15) is 29.2 Å². The Hall–Kier alpha value is -3.12. The van der Waals surface area contributed by atoms with Crippen molar-refractivity contribution in [2.45, 2.75) is 13.5 Å². The lowest BCUT2D eigenvalue weighted by Crippen LogP contribution is -2.09.